The number of nitriles is 1. The Balaban J connectivity index is 1.97. The number of amides is 1. The molecule has 3 heterocycles. The van der Waals surface area contributed by atoms with Gasteiger partial charge in [0, 0.05) is 11.4 Å². The summed E-state index contributed by atoms with van der Waals surface area (Å²) in [5, 5.41) is 22.0. The molecule has 1 amide bonds. The van der Waals surface area contributed by atoms with Gasteiger partial charge in [0.1, 0.15) is 16.0 Å². The van der Waals surface area contributed by atoms with Crippen LogP contribution in [0.2, 0.25) is 0 Å². The maximum Gasteiger partial charge on any atom is 0.271 e. The smallest absolute Gasteiger partial charge is 0.271 e. The molecule has 1 saturated heterocycles. The zero-order valence-corrected chi connectivity index (χ0v) is 19.5. The third-order valence-electron chi connectivity index (χ3n) is 4.62. The van der Waals surface area contributed by atoms with Gasteiger partial charge in [-0.3, -0.25) is 23.9 Å². The van der Waals surface area contributed by atoms with Gasteiger partial charge in [0.05, 0.1) is 17.0 Å². The molecule has 0 radical (unpaired) electrons. The van der Waals surface area contributed by atoms with Gasteiger partial charge in [-0.25, -0.2) is 0 Å². The van der Waals surface area contributed by atoms with E-state index in [1.54, 1.807) is 6.08 Å². The fourth-order valence-electron chi connectivity index (χ4n) is 3.18. The molecule has 1 aliphatic heterocycles. The van der Waals surface area contributed by atoms with E-state index in [4.69, 9.17) is 12.2 Å². The molecule has 0 spiro atoms. The van der Waals surface area contributed by atoms with Crippen molar-refractivity contribution in [3.05, 3.63) is 54.3 Å². The number of hydrogen-bond acceptors (Lipinski definition) is 8. The number of carbonyl (C=O) groups is 2. The van der Waals surface area contributed by atoms with Crippen molar-refractivity contribution in [3.8, 4) is 11.9 Å². The summed E-state index contributed by atoms with van der Waals surface area (Å²) in [6.07, 6.45) is 1.72. The van der Waals surface area contributed by atoms with Gasteiger partial charge in [0.2, 0.25) is 5.88 Å². The van der Waals surface area contributed by atoms with Gasteiger partial charge >= 0.3 is 0 Å². The Labute approximate surface area is 192 Å². The first-order valence-corrected chi connectivity index (χ1v) is 11.4. The average molecular weight is 474 g/mol. The van der Waals surface area contributed by atoms with E-state index in [0.29, 0.717) is 4.91 Å². The third kappa shape index (κ3) is 4.49. The molecule has 0 bridgehead atoms. The lowest BCUT2D eigenvalue weighted by molar-refractivity contribution is -0.121. The number of thioether (sulfide) groups is 1. The summed E-state index contributed by atoms with van der Waals surface area (Å²) in [7, 11) is 0. The van der Waals surface area contributed by atoms with Crippen LogP contribution in [-0.4, -0.2) is 37.1 Å². The highest BCUT2D eigenvalue weighted by Crippen LogP contribution is 2.34. The van der Waals surface area contributed by atoms with Crippen LogP contribution in [0.25, 0.3) is 6.08 Å². The summed E-state index contributed by atoms with van der Waals surface area (Å²) in [6.45, 7) is 4.88. The van der Waals surface area contributed by atoms with Gasteiger partial charge in [-0.05, 0) is 35.9 Å². The molecule has 31 heavy (non-hydrogen) atoms. The number of aromatic hydroxyl groups is 1. The SMILES string of the molecule is Cc1c(C(=O)CN2C(=O)/C(=C/c3cccs3)SC2=S)c(O)n(CC(C)C)c(=O)c1C#N. The second kappa shape index (κ2) is 9.18. The van der Waals surface area contributed by atoms with Crippen molar-refractivity contribution in [1.29, 1.82) is 5.26 Å². The van der Waals surface area contributed by atoms with Crippen LogP contribution < -0.4 is 5.56 Å². The molecule has 10 heteroatoms. The first kappa shape index (κ1) is 22.9. The van der Waals surface area contributed by atoms with Gasteiger partial charge in [-0.15, -0.1) is 11.3 Å². The maximum absolute atomic E-state index is 13.1. The van der Waals surface area contributed by atoms with Crippen LogP contribution in [0.3, 0.4) is 0 Å². The Morgan fingerprint density at radius 2 is 2.10 bits per heavy atom. The zero-order chi connectivity index (χ0) is 22.9. The van der Waals surface area contributed by atoms with Crippen molar-refractivity contribution in [2.45, 2.75) is 27.3 Å². The van der Waals surface area contributed by atoms with Crippen molar-refractivity contribution < 1.29 is 14.7 Å². The molecule has 0 aliphatic carbocycles. The Kier molecular flexibility index (Phi) is 6.79. The lowest BCUT2D eigenvalue weighted by Crippen LogP contribution is -2.35. The van der Waals surface area contributed by atoms with Gasteiger partial charge in [-0.2, -0.15) is 5.26 Å². The summed E-state index contributed by atoms with van der Waals surface area (Å²) < 4.78 is 1.26. The molecule has 1 N–H and O–H groups in total. The Morgan fingerprint density at radius 1 is 1.39 bits per heavy atom. The van der Waals surface area contributed by atoms with Gasteiger partial charge in [0.25, 0.3) is 11.5 Å². The predicted molar refractivity (Wildman–Crippen MR) is 125 cm³/mol. The van der Waals surface area contributed by atoms with E-state index < -0.39 is 29.7 Å². The summed E-state index contributed by atoms with van der Waals surface area (Å²) >= 11 is 7.86. The second-order valence-electron chi connectivity index (χ2n) is 7.33. The molecule has 3 rings (SSSR count). The van der Waals surface area contributed by atoms with Gasteiger partial charge in [0.15, 0.2) is 5.78 Å². The minimum Gasteiger partial charge on any atom is -0.494 e. The van der Waals surface area contributed by atoms with Crippen LogP contribution in [0, 0.1) is 24.2 Å². The molecule has 2 aromatic heterocycles. The van der Waals surface area contributed by atoms with Crippen molar-refractivity contribution in [3.63, 3.8) is 0 Å². The van der Waals surface area contributed by atoms with E-state index in [1.165, 1.54) is 23.2 Å². The number of hydrogen-bond donors (Lipinski definition) is 1. The summed E-state index contributed by atoms with van der Waals surface area (Å²) in [4.78, 5) is 40.9. The molecule has 160 valence electrons. The molecule has 1 fully saturated rings. The minimum atomic E-state index is -0.646. The van der Waals surface area contributed by atoms with Crippen LogP contribution in [0.5, 0.6) is 5.88 Å². The highest BCUT2D eigenvalue weighted by molar-refractivity contribution is 8.26. The molecule has 0 saturated carbocycles. The highest BCUT2D eigenvalue weighted by atomic mass is 32.2. The van der Waals surface area contributed by atoms with E-state index in [1.807, 2.05) is 37.4 Å². The molecule has 0 atom stereocenters. The Morgan fingerprint density at radius 3 is 2.68 bits per heavy atom. The lowest BCUT2D eigenvalue weighted by atomic mass is 10.0. The number of ketones is 1. The largest absolute Gasteiger partial charge is 0.494 e. The van der Waals surface area contributed by atoms with Crippen LogP contribution in [0.1, 0.15) is 40.2 Å². The van der Waals surface area contributed by atoms with Crippen molar-refractivity contribution >= 4 is 57.4 Å². The monoisotopic (exact) mass is 473 g/mol. The number of Topliss-reactive ketones (excluding diaryl/α,β-unsaturated/α-hetero) is 1. The Bertz CT molecular complexity index is 1200. The van der Waals surface area contributed by atoms with E-state index >= 15 is 0 Å². The zero-order valence-electron chi connectivity index (χ0n) is 17.0. The third-order valence-corrected chi connectivity index (χ3v) is 6.82. The molecule has 0 aromatic carbocycles. The van der Waals surface area contributed by atoms with Crippen molar-refractivity contribution in [1.82, 2.24) is 9.47 Å². The number of rotatable bonds is 6. The number of nitrogens with zero attached hydrogens (tertiary/aromatic N) is 3. The number of carbonyl (C=O) groups excluding carboxylic acids is 2. The fourth-order valence-corrected chi connectivity index (χ4v) is 5.16. The van der Waals surface area contributed by atoms with E-state index in [2.05, 4.69) is 0 Å². The molecular weight excluding hydrogens is 454 g/mol. The number of aromatic nitrogens is 1. The van der Waals surface area contributed by atoms with Gasteiger partial charge in [-0.1, -0.05) is 43.9 Å². The molecular formula is C21H19N3O4S3. The number of pyridine rings is 1. The molecule has 7 nitrogen and oxygen atoms in total. The van der Waals surface area contributed by atoms with Crippen LogP contribution in [0.15, 0.2) is 27.2 Å². The van der Waals surface area contributed by atoms with E-state index in [9.17, 15) is 24.8 Å². The van der Waals surface area contributed by atoms with E-state index in [-0.39, 0.29) is 33.5 Å². The maximum atomic E-state index is 13.1. The summed E-state index contributed by atoms with van der Waals surface area (Å²) in [6, 6.07) is 5.56. The summed E-state index contributed by atoms with van der Waals surface area (Å²) in [5.74, 6) is -1.50. The topological polar surface area (TPSA) is 103 Å². The van der Waals surface area contributed by atoms with Crippen LogP contribution in [-0.2, 0) is 11.3 Å². The fraction of sp³-hybridized carbons (Fsp3) is 0.286. The van der Waals surface area contributed by atoms with Crippen molar-refractivity contribution in [2.75, 3.05) is 6.54 Å². The van der Waals surface area contributed by atoms with Crippen LogP contribution in [0.4, 0.5) is 0 Å². The lowest BCUT2D eigenvalue weighted by Gasteiger charge is -2.19. The quantitative estimate of drug-likeness (QED) is 0.389. The average Bonchev–Trinajstić information content (AvgIpc) is 3.29. The summed E-state index contributed by atoms with van der Waals surface area (Å²) in [5.41, 5.74) is -0.903. The second-order valence-corrected chi connectivity index (χ2v) is 9.98. The number of thiocarbonyl (C=S) groups is 1. The highest BCUT2D eigenvalue weighted by Gasteiger charge is 2.35. The first-order chi connectivity index (χ1) is 14.6. The van der Waals surface area contributed by atoms with E-state index in [0.717, 1.165) is 21.2 Å². The predicted octanol–water partition coefficient (Wildman–Crippen LogP) is 3.54. The van der Waals surface area contributed by atoms with Crippen LogP contribution >= 0.6 is 35.3 Å². The minimum absolute atomic E-state index is 0.00474. The van der Waals surface area contributed by atoms with Crippen molar-refractivity contribution in [2.24, 2.45) is 5.92 Å². The standard InChI is InChI=1S/C21H19N3O4S3/c1-11(2)9-23-18(26)14(8-22)12(3)17(20(23)28)15(25)10-24-19(27)16(31-21(24)29)7-13-5-4-6-30-13/h4-7,11,28H,9-10H2,1-3H3/b16-7-. The Hall–Kier alpha value is -2.74. The first-order valence-electron chi connectivity index (χ1n) is 9.34. The molecule has 2 aromatic rings. The normalized spacial score (nSPS) is 15.2. The molecule has 0 unspecified atom stereocenters. The molecule has 1 aliphatic rings. The number of thiophene rings is 1. The van der Waals surface area contributed by atoms with Gasteiger partial charge < -0.3 is 5.11 Å².